The van der Waals surface area contributed by atoms with Crippen molar-refractivity contribution in [2.24, 2.45) is 13.0 Å². The van der Waals surface area contributed by atoms with Crippen LogP contribution in [0.4, 0.5) is 10.5 Å². The van der Waals surface area contributed by atoms with Crippen molar-refractivity contribution in [3.63, 3.8) is 0 Å². The second-order valence-electron chi connectivity index (χ2n) is 5.90. The standard InChI is InChI=1S/C15H21N5O/c1-10-4-6-20(7-5-10)15(21)17-12-8-13-11(2)18-19(3)14(13)16-9-12/h8-10H,4-7H2,1-3H3,(H,17,21). The van der Waals surface area contributed by atoms with Gasteiger partial charge in [-0.2, -0.15) is 5.10 Å². The molecule has 0 aromatic carbocycles. The zero-order valence-electron chi connectivity index (χ0n) is 12.8. The first-order chi connectivity index (χ1) is 10.0. The van der Waals surface area contributed by atoms with Crippen molar-refractivity contribution in [1.29, 1.82) is 0 Å². The lowest BCUT2D eigenvalue weighted by molar-refractivity contribution is 0.186. The molecule has 6 heteroatoms. The first kappa shape index (κ1) is 13.9. The zero-order valence-corrected chi connectivity index (χ0v) is 12.8. The highest BCUT2D eigenvalue weighted by molar-refractivity contribution is 5.92. The Kier molecular flexibility index (Phi) is 3.53. The van der Waals surface area contributed by atoms with Gasteiger partial charge in [0.15, 0.2) is 5.65 Å². The third kappa shape index (κ3) is 2.70. The minimum Gasteiger partial charge on any atom is -0.325 e. The van der Waals surface area contributed by atoms with Crippen molar-refractivity contribution in [3.8, 4) is 0 Å². The van der Waals surface area contributed by atoms with Crippen LogP contribution in [-0.4, -0.2) is 38.8 Å². The Labute approximate surface area is 124 Å². The summed E-state index contributed by atoms with van der Waals surface area (Å²) in [4.78, 5) is 18.5. The highest BCUT2D eigenvalue weighted by atomic mass is 16.2. The van der Waals surface area contributed by atoms with Gasteiger partial charge in [-0.25, -0.2) is 9.78 Å². The molecule has 0 aliphatic carbocycles. The van der Waals surface area contributed by atoms with E-state index in [-0.39, 0.29) is 6.03 Å². The topological polar surface area (TPSA) is 63.1 Å². The third-order valence-electron chi connectivity index (χ3n) is 4.19. The van der Waals surface area contributed by atoms with Gasteiger partial charge in [-0.1, -0.05) is 6.92 Å². The molecule has 112 valence electrons. The molecule has 0 atom stereocenters. The van der Waals surface area contributed by atoms with E-state index in [1.807, 2.05) is 24.9 Å². The second kappa shape index (κ2) is 5.35. The molecule has 2 aromatic heterocycles. The average molecular weight is 287 g/mol. The van der Waals surface area contributed by atoms with Crippen molar-refractivity contribution >= 4 is 22.8 Å². The number of nitrogens with zero attached hydrogens (tertiary/aromatic N) is 4. The molecule has 2 aromatic rings. The van der Waals surface area contributed by atoms with Crippen molar-refractivity contribution < 1.29 is 4.79 Å². The molecule has 3 rings (SSSR count). The van der Waals surface area contributed by atoms with E-state index in [4.69, 9.17) is 0 Å². The van der Waals surface area contributed by atoms with Crippen LogP contribution in [0.1, 0.15) is 25.5 Å². The summed E-state index contributed by atoms with van der Waals surface area (Å²) in [5.41, 5.74) is 2.47. The van der Waals surface area contributed by atoms with Crippen LogP contribution in [-0.2, 0) is 7.05 Å². The summed E-state index contributed by atoms with van der Waals surface area (Å²) >= 11 is 0. The number of hydrogen-bond donors (Lipinski definition) is 1. The van der Waals surface area contributed by atoms with Crippen LogP contribution < -0.4 is 5.32 Å². The first-order valence-electron chi connectivity index (χ1n) is 7.40. The lowest BCUT2D eigenvalue weighted by atomic mass is 10.00. The molecule has 0 bridgehead atoms. The van der Waals surface area contributed by atoms with Gasteiger partial charge in [0.25, 0.3) is 0 Å². The molecule has 1 saturated heterocycles. The quantitative estimate of drug-likeness (QED) is 0.876. The van der Waals surface area contributed by atoms with E-state index in [9.17, 15) is 4.79 Å². The summed E-state index contributed by atoms with van der Waals surface area (Å²) in [5, 5.41) is 8.26. The number of carbonyl (C=O) groups is 1. The Morgan fingerprint density at radius 3 is 2.81 bits per heavy atom. The highest BCUT2D eigenvalue weighted by Crippen LogP contribution is 2.21. The molecule has 1 fully saturated rings. The summed E-state index contributed by atoms with van der Waals surface area (Å²) in [6, 6.07) is 1.90. The number of urea groups is 1. The smallest absolute Gasteiger partial charge is 0.321 e. The van der Waals surface area contributed by atoms with Crippen molar-refractivity contribution in [2.45, 2.75) is 26.7 Å². The second-order valence-corrected chi connectivity index (χ2v) is 5.90. The number of rotatable bonds is 1. The monoisotopic (exact) mass is 287 g/mol. The van der Waals surface area contributed by atoms with Gasteiger partial charge in [0.05, 0.1) is 17.6 Å². The molecule has 0 unspecified atom stereocenters. The average Bonchev–Trinajstić information content (AvgIpc) is 2.74. The van der Waals surface area contributed by atoms with Crippen molar-refractivity contribution in [2.75, 3.05) is 18.4 Å². The lowest BCUT2D eigenvalue weighted by Crippen LogP contribution is -2.40. The number of piperidine rings is 1. The van der Waals surface area contributed by atoms with E-state index < -0.39 is 0 Å². The maximum atomic E-state index is 12.3. The van der Waals surface area contributed by atoms with E-state index in [0.717, 1.165) is 48.3 Å². The molecule has 0 spiro atoms. The van der Waals surface area contributed by atoms with Crippen LogP contribution in [0.5, 0.6) is 0 Å². The van der Waals surface area contributed by atoms with E-state index in [0.29, 0.717) is 5.92 Å². The van der Waals surface area contributed by atoms with Gasteiger partial charge in [-0.05, 0) is 31.7 Å². The molecule has 3 heterocycles. The molecule has 21 heavy (non-hydrogen) atoms. The number of aryl methyl sites for hydroxylation is 2. The van der Waals surface area contributed by atoms with Gasteiger partial charge in [-0.3, -0.25) is 4.68 Å². The number of likely N-dealkylation sites (tertiary alicyclic amines) is 1. The molecule has 2 amide bonds. The van der Waals surface area contributed by atoms with E-state index in [1.165, 1.54) is 0 Å². The molecular weight excluding hydrogens is 266 g/mol. The molecule has 0 saturated carbocycles. The van der Waals surface area contributed by atoms with Gasteiger partial charge < -0.3 is 10.2 Å². The van der Waals surface area contributed by atoms with Crippen LogP contribution in [0.15, 0.2) is 12.3 Å². The number of nitrogens with one attached hydrogen (secondary N) is 1. The minimum atomic E-state index is -0.0374. The molecule has 0 radical (unpaired) electrons. The van der Waals surface area contributed by atoms with Gasteiger partial charge in [0.1, 0.15) is 0 Å². The molecule has 1 aliphatic heterocycles. The van der Waals surface area contributed by atoms with E-state index in [2.05, 4.69) is 22.3 Å². The summed E-state index contributed by atoms with van der Waals surface area (Å²) in [6.45, 7) is 5.84. The van der Waals surface area contributed by atoms with Crippen LogP contribution >= 0.6 is 0 Å². The Hall–Kier alpha value is -2.11. The van der Waals surface area contributed by atoms with Crippen molar-refractivity contribution in [1.82, 2.24) is 19.7 Å². The van der Waals surface area contributed by atoms with Gasteiger partial charge >= 0.3 is 6.03 Å². The normalized spacial score (nSPS) is 16.4. The van der Waals surface area contributed by atoms with Crippen molar-refractivity contribution in [3.05, 3.63) is 18.0 Å². The maximum Gasteiger partial charge on any atom is 0.321 e. The molecule has 6 nitrogen and oxygen atoms in total. The molecule has 1 aliphatic rings. The SMILES string of the molecule is Cc1nn(C)c2ncc(NC(=O)N3CCC(C)CC3)cc12. The fourth-order valence-corrected chi connectivity index (χ4v) is 2.79. The summed E-state index contributed by atoms with van der Waals surface area (Å²) in [5.74, 6) is 0.713. The summed E-state index contributed by atoms with van der Waals surface area (Å²) < 4.78 is 1.75. The minimum absolute atomic E-state index is 0.0374. The fraction of sp³-hybridized carbons (Fsp3) is 0.533. The highest BCUT2D eigenvalue weighted by Gasteiger charge is 2.20. The van der Waals surface area contributed by atoms with Crippen LogP contribution in [0.25, 0.3) is 11.0 Å². The van der Waals surface area contributed by atoms with Crippen LogP contribution in [0.3, 0.4) is 0 Å². The first-order valence-corrected chi connectivity index (χ1v) is 7.40. The maximum absolute atomic E-state index is 12.3. The summed E-state index contributed by atoms with van der Waals surface area (Å²) in [7, 11) is 1.87. The number of pyridine rings is 1. The third-order valence-corrected chi connectivity index (χ3v) is 4.19. The van der Waals surface area contributed by atoms with Crippen LogP contribution in [0, 0.1) is 12.8 Å². The lowest BCUT2D eigenvalue weighted by Gasteiger charge is -2.30. The fourth-order valence-electron chi connectivity index (χ4n) is 2.79. The van der Waals surface area contributed by atoms with Gasteiger partial charge in [-0.15, -0.1) is 0 Å². The largest absolute Gasteiger partial charge is 0.325 e. The van der Waals surface area contributed by atoms with E-state index >= 15 is 0 Å². The summed E-state index contributed by atoms with van der Waals surface area (Å²) in [6.07, 6.45) is 3.84. The van der Waals surface area contributed by atoms with Gasteiger partial charge in [0.2, 0.25) is 0 Å². The number of anilines is 1. The Morgan fingerprint density at radius 1 is 1.38 bits per heavy atom. The van der Waals surface area contributed by atoms with E-state index in [1.54, 1.807) is 10.9 Å². The Balaban J connectivity index is 1.75. The zero-order chi connectivity index (χ0) is 15.0. The molecule has 1 N–H and O–H groups in total. The number of aromatic nitrogens is 3. The van der Waals surface area contributed by atoms with Crippen LogP contribution in [0.2, 0.25) is 0 Å². The number of fused-ring (bicyclic) bond motifs is 1. The number of carbonyl (C=O) groups excluding carboxylic acids is 1. The Morgan fingerprint density at radius 2 is 2.10 bits per heavy atom. The van der Waals surface area contributed by atoms with Gasteiger partial charge in [0, 0.05) is 25.5 Å². The Bertz CT molecular complexity index is 670. The molecular formula is C15H21N5O. The number of hydrogen-bond acceptors (Lipinski definition) is 3. The predicted molar refractivity (Wildman–Crippen MR) is 82.2 cm³/mol. The predicted octanol–water partition coefficient (Wildman–Crippen LogP) is 2.54. The number of amides is 2.